The van der Waals surface area contributed by atoms with Crippen molar-refractivity contribution in [1.29, 1.82) is 0 Å². The van der Waals surface area contributed by atoms with E-state index in [-0.39, 0.29) is 42.8 Å². The van der Waals surface area contributed by atoms with Crippen molar-refractivity contribution in [2.24, 2.45) is 0 Å². The second-order valence-electron chi connectivity index (χ2n) is 5.82. The maximum Gasteiger partial charge on any atom is 0.328 e. The number of nitrogens with zero attached hydrogens (tertiary/aromatic N) is 4. The first-order valence-corrected chi connectivity index (χ1v) is 8.18. The number of aromatic nitrogens is 6. The van der Waals surface area contributed by atoms with Crippen LogP contribution in [-0.4, -0.2) is 35.5 Å². The van der Waals surface area contributed by atoms with Crippen molar-refractivity contribution in [2.75, 3.05) is 0 Å². The number of nitrogens with one attached hydrogen (secondary N) is 2. The molecule has 0 spiro atoms. The summed E-state index contributed by atoms with van der Waals surface area (Å²) in [6, 6.07) is 8.60. The lowest BCUT2D eigenvalue weighted by Gasteiger charge is -1.98. The molecule has 1 aromatic carbocycles. The molecule has 0 unspecified atom stereocenters. The molecular weight excluding hydrogens is 352 g/mol. The molecule has 27 heavy (non-hydrogen) atoms. The van der Waals surface area contributed by atoms with Gasteiger partial charge in [0.1, 0.15) is 6.54 Å². The Balaban J connectivity index is 1.43. The van der Waals surface area contributed by atoms with Gasteiger partial charge >= 0.3 is 5.69 Å². The van der Waals surface area contributed by atoms with Crippen molar-refractivity contribution in [2.45, 2.75) is 19.4 Å². The molecule has 0 aliphatic rings. The molecule has 0 fully saturated rings. The van der Waals surface area contributed by atoms with Gasteiger partial charge in [-0.15, -0.1) is 10.2 Å². The Labute approximate surface area is 150 Å². The van der Waals surface area contributed by atoms with E-state index >= 15 is 0 Å². The number of carbonyl (C=O) groups excluding carboxylic acids is 1. The average molecular weight is 366 g/mol. The lowest BCUT2D eigenvalue weighted by molar-refractivity contribution is 0.0971. The van der Waals surface area contributed by atoms with Gasteiger partial charge in [-0.2, -0.15) is 0 Å². The van der Waals surface area contributed by atoms with Crippen molar-refractivity contribution in [1.82, 2.24) is 29.7 Å². The predicted octanol–water partition coefficient (Wildman–Crippen LogP) is 0.660. The summed E-state index contributed by atoms with van der Waals surface area (Å²) in [6.45, 7) is -0.139. The first-order chi connectivity index (χ1) is 13.1. The summed E-state index contributed by atoms with van der Waals surface area (Å²) in [7, 11) is 0. The van der Waals surface area contributed by atoms with E-state index in [1.54, 1.807) is 0 Å². The molecule has 2 N–H and O–H groups in total. The molecule has 0 radical (unpaired) electrons. The van der Waals surface area contributed by atoms with Gasteiger partial charge in [-0.25, -0.2) is 9.78 Å². The number of aryl methyl sites for hydroxylation is 1. The summed E-state index contributed by atoms with van der Waals surface area (Å²) >= 11 is 0. The zero-order valence-electron chi connectivity index (χ0n) is 14.0. The SMILES string of the molecule is O=C(CCc1nnc(Cn2c(=O)cc[nH]c2=O)o1)c1nc2ccccc2[nH]1. The number of fused-ring (bicyclic) bond motifs is 1. The van der Waals surface area contributed by atoms with Gasteiger partial charge in [-0.1, -0.05) is 12.1 Å². The second-order valence-corrected chi connectivity index (χ2v) is 5.82. The second kappa shape index (κ2) is 6.83. The van der Waals surface area contributed by atoms with Crippen LogP contribution in [0, 0.1) is 0 Å². The monoisotopic (exact) mass is 366 g/mol. The molecule has 4 aromatic rings. The highest BCUT2D eigenvalue weighted by atomic mass is 16.4. The summed E-state index contributed by atoms with van der Waals surface area (Å²) in [4.78, 5) is 45.3. The van der Waals surface area contributed by atoms with Crippen molar-refractivity contribution in [3.05, 3.63) is 75.0 Å². The average Bonchev–Trinajstić information content (AvgIpc) is 3.29. The van der Waals surface area contributed by atoms with Crippen LogP contribution in [0.2, 0.25) is 0 Å². The lowest BCUT2D eigenvalue weighted by Crippen LogP contribution is -2.34. The minimum Gasteiger partial charge on any atom is -0.423 e. The number of benzene rings is 1. The number of hydrogen-bond donors (Lipinski definition) is 2. The molecule has 0 atom stereocenters. The lowest BCUT2D eigenvalue weighted by atomic mass is 10.2. The van der Waals surface area contributed by atoms with Gasteiger partial charge in [-0.3, -0.25) is 14.2 Å². The number of H-pyrrole nitrogens is 2. The van der Waals surface area contributed by atoms with Crippen molar-refractivity contribution in [3.8, 4) is 0 Å². The van der Waals surface area contributed by atoms with Gasteiger partial charge < -0.3 is 14.4 Å². The number of imidazole rings is 1. The van der Waals surface area contributed by atoms with Crippen LogP contribution in [0.25, 0.3) is 11.0 Å². The van der Waals surface area contributed by atoms with E-state index in [1.807, 2.05) is 24.3 Å². The fourth-order valence-electron chi connectivity index (χ4n) is 2.61. The fraction of sp³-hybridized carbons (Fsp3) is 0.176. The molecule has 0 saturated heterocycles. The number of para-hydroxylation sites is 2. The number of aromatic amines is 2. The number of rotatable bonds is 6. The van der Waals surface area contributed by atoms with Crippen LogP contribution >= 0.6 is 0 Å². The van der Waals surface area contributed by atoms with Crippen LogP contribution in [-0.2, 0) is 13.0 Å². The molecule has 0 aliphatic heterocycles. The Hall–Kier alpha value is -3.82. The van der Waals surface area contributed by atoms with Crippen LogP contribution in [0.5, 0.6) is 0 Å². The molecule has 0 bridgehead atoms. The number of Topliss-reactive ketones (excluding diaryl/α,β-unsaturated/α-hetero) is 1. The molecule has 3 heterocycles. The van der Waals surface area contributed by atoms with Crippen LogP contribution in [0.1, 0.15) is 28.8 Å². The highest BCUT2D eigenvalue weighted by Gasteiger charge is 2.15. The van der Waals surface area contributed by atoms with E-state index in [0.29, 0.717) is 0 Å². The Morgan fingerprint density at radius 3 is 2.74 bits per heavy atom. The quantitative estimate of drug-likeness (QED) is 0.478. The van der Waals surface area contributed by atoms with Crippen molar-refractivity contribution < 1.29 is 9.21 Å². The van der Waals surface area contributed by atoms with Gasteiger partial charge in [0.15, 0.2) is 11.6 Å². The summed E-state index contributed by atoms with van der Waals surface area (Å²) in [5, 5.41) is 7.67. The number of carbonyl (C=O) groups is 1. The smallest absolute Gasteiger partial charge is 0.328 e. The molecule has 3 aromatic heterocycles. The van der Waals surface area contributed by atoms with Crippen LogP contribution in [0.4, 0.5) is 0 Å². The molecule has 4 rings (SSSR count). The molecule has 0 amide bonds. The van der Waals surface area contributed by atoms with Crippen LogP contribution in [0.15, 0.2) is 50.5 Å². The van der Waals surface area contributed by atoms with E-state index < -0.39 is 11.2 Å². The minimum atomic E-state index is -0.567. The molecule has 10 heteroatoms. The van der Waals surface area contributed by atoms with E-state index in [0.717, 1.165) is 15.6 Å². The highest BCUT2D eigenvalue weighted by Crippen LogP contribution is 2.12. The van der Waals surface area contributed by atoms with Gasteiger partial charge in [0, 0.05) is 25.1 Å². The third-order valence-corrected chi connectivity index (χ3v) is 3.97. The van der Waals surface area contributed by atoms with Crippen LogP contribution in [0.3, 0.4) is 0 Å². The first kappa shape index (κ1) is 16.6. The summed E-state index contributed by atoms with van der Waals surface area (Å²) < 4.78 is 6.37. The summed E-state index contributed by atoms with van der Waals surface area (Å²) in [5.41, 5.74) is 0.472. The molecule has 10 nitrogen and oxygen atoms in total. The summed E-state index contributed by atoms with van der Waals surface area (Å²) in [6.07, 6.45) is 1.63. The van der Waals surface area contributed by atoms with Crippen LogP contribution < -0.4 is 11.2 Å². The maximum atomic E-state index is 12.3. The largest absolute Gasteiger partial charge is 0.423 e. The molecule has 136 valence electrons. The Bertz CT molecular complexity index is 1170. The van der Waals surface area contributed by atoms with E-state index in [4.69, 9.17) is 4.42 Å². The van der Waals surface area contributed by atoms with Gasteiger partial charge in [0.05, 0.1) is 11.0 Å². The molecule has 0 aliphatic carbocycles. The third kappa shape index (κ3) is 3.45. The van der Waals surface area contributed by atoms with E-state index in [9.17, 15) is 14.4 Å². The molecular formula is C17H14N6O4. The Kier molecular flexibility index (Phi) is 4.21. The Morgan fingerprint density at radius 2 is 1.93 bits per heavy atom. The Morgan fingerprint density at radius 1 is 1.11 bits per heavy atom. The van der Waals surface area contributed by atoms with Gasteiger partial charge in [0.25, 0.3) is 5.56 Å². The molecule has 0 saturated carbocycles. The first-order valence-electron chi connectivity index (χ1n) is 8.18. The van der Waals surface area contributed by atoms with Gasteiger partial charge in [-0.05, 0) is 12.1 Å². The van der Waals surface area contributed by atoms with Crippen molar-refractivity contribution >= 4 is 16.8 Å². The zero-order valence-corrected chi connectivity index (χ0v) is 14.0. The minimum absolute atomic E-state index is 0.111. The third-order valence-electron chi connectivity index (χ3n) is 3.97. The highest BCUT2D eigenvalue weighted by molar-refractivity contribution is 5.95. The topological polar surface area (TPSA) is 140 Å². The zero-order chi connectivity index (χ0) is 18.8. The standard InChI is InChI=1S/C17H14N6O4/c24-12(16-19-10-3-1-2-4-11(10)20-16)5-6-13-21-22-14(27-13)9-23-15(25)7-8-18-17(23)26/h1-4,7-8H,5-6,9H2,(H,18,26)(H,19,20). The normalized spacial score (nSPS) is 11.1. The predicted molar refractivity (Wildman–Crippen MR) is 93.5 cm³/mol. The number of ketones is 1. The van der Waals surface area contributed by atoms with Gasteiger partial charge in [0.2, 0.25) is 11.8 Å². The van der Waals surface area contributed by atoms with E-state index in [1.165, 1.54) is 12.3 Å². The van der Waals surface area contributed by atoms with E-state index in [2.05, 4.69) is 25.1 Å². The summed E-state index contributed by atoms with van der Waals surface area (Å²) in [5.74, 6) is 0.454. The maximum absolute atomic E-state index is 12.3. The fourth-order valence-corrected chi connectivity index (χ4v) is 2.61. The van der Waals surface area contributed by atoms with Crippen molar-refractivity contribution in [3.63, 3.8) is 0 Å². The number of hydrogen-bond acceptors (Lipinski definition) is 7.